The van der Waals surface area contributed by atoms with E-state index in [1.165, 1.54) is 0 Å². The number of aryl methyl sites for hydroxylation is 1. The van der Waals surface area contributed by atoms with Gasteiger partial charge in [-0.2, -0.15) is 0 Å². The summed E-state index contributed by atoms with van der Waals surface area (Å²) in [7, 11) is 3.48. The monoisotopic (exact) mass is 570 g/mol. The predicted octanol–water partition coefficient (Wildman–Crippen LogP) is 6.52. The maximum Gasteiger partial charge on any atom is 0.270 e. The number of nitrogens with zero attached hydrogens (tertiary/aromatic N) is 4. The topological polar surface area (TPSA) is 67.7 Å². The zero-order valence-electron chi connectivity index (χ0n) is 24.7. The molecule has 2 amide bonds. The summed E-state index contributed by atoms with van der Waals surface area (Å²) in [5.41, 5.74) is 8.05. The van der Waals surface area contributed by atoms with E-state index in [4.69, 9.17) is 4.74 Å². The zero-order valence-corrected chi connectivity index (χ0v) is 24.7. The molecule has 0 saturated carbocycles. The minimum atomic E-state index is -0.0789. The molecule has 0 saturated heterocycles. The Balaban J connectivity index is 1.27. The zero-order chi connectivity index (χ0) is 29.9. The molecule has 2 aliphatic rings. The number of pyridine rings is 1. The van der Waals surface area contributed by atoms with Crippen LogP contribution in [0.2, 0.25) is 0 Å². The number of methoxy groups -OCH3 is 1. The van der Waals surface area contributed by atoms with Gasteiger partial charge in [0, 0.05) is 54.7 Å². The van der Waals surface area contributed by atoms with Crippen molar-refractivity contribution >= 4 is 18.0 Å². The second kappa shape index (κ2) is 12.0. The van der Waals surface area contributed by atoms with E-state index in [0.717, 1.165) is 57.8 Å². The second-order valence-corrected chi connectivity index (χ2v) is 10.9. The van der Waals surface area contributed by atoms with E-state index in [-0.39, 0.29) is 11.8 Å². The summed E-state index contributed by atoms with van der Waals surface area (Å²) < 4.78 is 7.34. The Hall–Kier alpha value is -5.17. The first-order chi connectivity index (χ1) is 20.9. The fraction of sp³-hybridized carbons (Fsp3) is 0.194. The van der Waals surface area contributed by atoms with Gasteiger partial charge in [0.15, 0.2) is 0 Å². The molecule has 7 heteroatoms. The molecule has 2 aromatic carbocycles. The Labute approximate surface area is 252 Å². The number of hydrogen-bond donors (Lipinski definition) is 0. The van der Waals surface area contributed by atoms with Crippen molar-refractivity contribution in [1.82, 2.24) is 19.4 Å². The van der Waals surface area contributed by atoms with Gasteiger partial charge in [0.05, 0.1) is 13.7 Å². The van der Waals surface area contributed by atoms with Crippen molar-refractivity contribution in [2.24, 2.45) is 0 Å². The molecule has 216 valence electrons. The van der Waals surface area contributed by atoms with Crippen LogP contribution >= 0.6 is 0 Å². The Morgan fingerprint density at radius 3 is 2.65 bits per heavy atom. The first kappa shape index (κ1) is 28.0. The van der Waals surface area contributed by atoms with E-state index >= 15 is 0 Å². The molecule has 2 aromatic heterocycles. The van der Waals surface area contributed by atoms with Crippen molar-refractivity contribution in [3.63, 3.8) is 0 Å². The van der Waals surface area contributed by atoms with Crippen LogP contribution in [-0.4, -0.2) is 51.9 Å². The van der Waals surface area contributed by atoms with Crippen LogP contribution in [0.3, 0.4) is 0 Å². The van der Waals surface area contributed by atoms with Crippen LogP contribution in [0.15, 0.2) is 109 Å². The van der Waals surface area contributed by atoms with Crippen LogP contribution in [0.1, 0.15) is 44.1 Å². The van der Waals surface area contributed by atoms with Crippen LogP contribution in [0.25, 0.3) is 17.3 Å². The Kier molecular flexibility index (Phi) is 7.79. The van der Waals surface area contributed by atoms with Crippen LogP contribution in [0.5, 0.6) is 5.75 Å². The highest BCUT2D eigenvalue weighted by Gasteiger charge is 2.29. The lowest BCUT2D eigenvalue weighted by molar-refractivity contribution is 0.0789. The molecular formula is C36H34N4O3. The van der Waals surface area contributed by atoms with Crippen LogP contribution in [-0.2, 0) is 13.0 Å². The van der Waals surface area contributed by atoms with Crippen molar-refractivity contribution in [3.8, 4) is 16.9 Å². The van der Waals surface area contributed by atoms with Gasteiger partial charge in [0.2, 0.25) is 0 Å². The minimum Gasteiger partial charge on any atom is -0.497 e. The molecule has 1 aliphatic heterocycles. The molecule has 0 spiro atoms. The van der Waals surface area contributed by atoms with Gasteiger partial charge in [-0.1, -0.05) is 36.4 Å². The quantitative estimate of drug-likeness (QED) is 0.254. The summed E-state index contributed by atoms with van der Waals surface area (Å²) in [6.07, 6.45) is 13.2. The highest BCUT2D eigenvalue weighted by Crippen LogP contribution is 2.33. The fourth-order valence-corrected chi connectivity index (χ4v) is 5.68. The second-order valence-electron chi connectivity index (χ2n) is 10.9. The van der Waals surface area contributed by atoms with Crippen molar-refractivity contribution in [3.05, 3.63) is 137 Å². The highest BCUT2D eigenvalue weighted by atomic mass is 16.5. The van der Waals surface area contributed by atoms with Gasteiger partial charge < -0.3 is 19.1 Å². The maximum atomic E-state index is 14.1. The third-order valence-corrected chi connectivity index (χ3v) is 8.07. The molecule has 0 radical (unpaired) electrons. The van der Waals surface area contributed by atoms with Gasteiger partial charge in [0.1, 0.15) is 11.4 Å². The van der Waals surface area contributed by atoms with E-state index in [2.05, 4.69) is 17.1 Å². The number of likely N-dealkylation sites (N-methyl/N-ethyl adjacent to an activating group) is 1. The molecule has 0 bridgehead atoms. The molecule has 4 aromatic rings. The van der Waals surface area contributed by atoms with E-state index in [0.29, 0.717) is 24.3 Å². The van der Waals surface area contributed by atoms with Gasteiger partial charge in [-0.05, 0) is 90.6 Å². The van der Waals surface area contributed by atoms with Crippen molar-refractivity contribution < 1.29 is 14.3 Å². The number of rotatable bonds is 7. The third-order valence-electron chi connectivity index (χ3n) is 8.07. The van der Waals surface area contributed by atoms with Crippen LogP contribution < -0.4 is 4.74 Å². The third kappa shape index (κ3) is 5.66. The molecule has 1 aliphatic carbocycles. The van der Waals surface area contributed by atoms with Crippen molar-refractivity contribution in [2.45, 2.75) is 26.3 Å². The highest BCUT2D eigenvalue weighted by molar-refractivity contribution is 5.98. The first-order valence-electron chi connectivity index (χ1n) is 14.4. The van der Waals surface area contributed by atoms with Gasteiger partial charge in [-0.15, -0.1) is 0 Å². The van der Waals surface area contributed by atoms with E-state index in [9.17, 15) is 9.59 Å². The maximum absolute atomic E-state index is 14.1. The summed E-state index contributed by atoms with van der Waals surface area (Å²) in [4.78, 5) is 35.3. The lowest BCUT2D eigenvalue weighted by Crippen LogP contribution is -2.31. The van der Waals surface area contributed by atoms with Gasteiger partial charge in [-0.3, -0.25) is 14.6 Å². The van der Waals surface area contributed by atoms with E-state index in [1.54, 1.807) is 24.4 Å². The molecule has 3 heterocycles. The average molecular weight is 571 g/mol. The number of hydrogen-bond acceptors (Lipinski definition) is 4. The molecule has 0 N–H and O–H groups in total. The summed E-state index contributed by atoms with van der Waals surface area (Å²) in [5, 5.41) is 0. The van der Waals surface area contributed by atoms with E-state index in [1.807, 2.05) is 102 Å². The number of carbonyl (C=O) groups excluding carboxylic acids is 2. The normalized spacial score (nSPS) is 13.8. The van der Waals surface area contributed by atoms with Gasteiger partial charge in [0.25, 0.3) is 11.8 Å². The number of allylic oxidation sites excluding steroid dienone is 3. The number of fused-ring (bicyclic) bond motifs is 2. The number of carbonyl (C=O) groups is 2. The molecule has 6 rings (SSSR count). The summed E-state index contributed by atoms with van der Waals surface area (Å²) in [5.74, 6) is 0.648. The largest absolute Gasteiger partial charge is 0.497 e. The first-order valence-corrected chi connectivity index (χ1v) is 14.4. The lowest BCUT2D eigenvalue weighted by atomic mass is 9.97. The predicted molar refractivity (Wildman–Crippen MR) is 168 cm³/mol. The van der Waals surface area contributed by atoms with Gasteiger partial charge >= 0.3 is 0 Å². The average Bonchev–Trinajstić information content (AvgIpc) is 3.36. The number of aromatic nitrogens is 2. The SMILES string of the molecule is COc1cccc(-c2ccc(C(=O)N3Cc4ccc(C(=O)N(C)CCc5ccncc5)n4C=C4C=CCC=C43)cc2C)c1. The van der Waals surface area contributed by atoms with Crippen molar-refractivity contribution in [2.75, 3.05) is 20.7 Å². The molecule has 7 nitrogen and oxygen atoms in total. The number of ether oxygens (including phenoxy) is 1. The van der Waals surface area contributed by atoms with Gasteiger partial charge in [-0.25, -0.2) is 0 Å². The summed E-state index contributed by atoms with van der Waals surface area (Å²) >= 11 is 0. The molecule has 43 heavy (non-hydrogen) atoms. The lowest BCUT2D eigenvalue weighted by Gasteiger charge is -2.26. The molecule has 0 unspecified atom stereocenters. The Morgan fingerprint density at radius 1 is 1.02 bits per heavy atom. The fourth-order valence-electron chi connectivity index (χ4n) is 5.68. The number of benzene rings is 2. The van der Waals surface area contributed by atoms with Crippen LogP contribution in [0.4, 0.5) is 0 Å². The molecule has 0 atom stereocenters. The number of amides is 2. The van der Waals surface area contributed by atoms with E-state index < -0.39 is 0 Å². The van der Waals surface area contributed by atoms with Crippen molar-refractivity contribution in [1.29, 1.82) is 0 Å². The smallest absolute Gasteiger partial charge is 0.270 e. The Bertz CT molecular complexity index is 1780. The standard InChI is InChI=1S/C36H34N4O3/c1-25-21-28(11-13-32(25)27-8-6-9-31(22-27)43-3)35(41)40-24-30-12-14-34(39(30)23-29-7-4-5-10-33(29)40)36(42)38(2)20-17-26-15-18-37-19-16-26/h4,6-16,18-19,21-23H,5,17,20,24H2,1-3H3. The minimum absolute atomic E-state index is 0.0639. The Morgan fingerprint density at radius 2 is 1.86 bits per heavy atom. The summed E-state index contributed by atoms with van der Waals surface area (Å²) in [6, 6.07) is 21.5. The van der Waals surface area contributed by atoms with Crippen LogP contribution in [0, 0.1) is 6.92 Å². The summed E-state index contributed by atoms with van der Waals surface area (Å²) in [6.45, 7) is 2.96. The molecular weight excluding hydrogens is 536 g/mol. The molecule has 0 fully saturated rings.